The van der Waals surface area contributed by atoms with E-state index >= 15 is 0 Å². The van der Waals surface area contributed by atoms with Crippen molar-refractivity contribution in [2.45, 2.75) is 51.7 Å². The maximum atomic E-state index is 13.5. The average molecular weight is 681 g/mol. The quantitative estimate of drug-likeness (QED) is 0.240. The molecule has 2 aliphatic rings. The Balaban J connectivity index is 1.22. The Morgan fingerprint density at radius 2 is 1.45 bits per heavy atom. The van der Waals surface area contributed by atoms with Crippen molar-refractivity contribution in [1.82, 2.24) is 15.5 Å². The van der Waals surface area contributed by atoms with Gasteiger partial charge in [-0.1, -0.05) is 36.4 Å². The molecule has 0 saturated carbocycles. The van der Waals surface area contributed by atoms with Crippen LogP contribution in [0.3, 0.4) is 0 Å². The zero-order valence-electron chi connectivity index (χ0n) is 28.9. The van der Waals surface area contributed by atoms with E-state index in [-0.39, 0.29) is 24.0 Å². The van der Waals surface area contributed by atoms with Crippen LogP contribution in [0.5, 0.6) is 0 Å². The summed E-state index contributed by atoms with van der Waals surface area (Å²) in [6.45, 7) is 9.42. The maximum Gasteiger partial charge on any atom is 0.408 e. The molecule has 1 fully saturated rings. The highest BCUT2D eigenvalue weighted by atomic mass is 16.6. The second-order valence-electron chi connectivity index (χ2n) is 13.0. The molecule has 13 nitrogen and oxygen atoms in total. The van der Waals surface area contributed by atoms with Crippen molar-refractivity contribution in [3.63, 3.8) is 0 Å². The Morgan fingerprint density at radius 1 is 0.837 bits per heavy atom. The summed E-state index contributed by atoms with van der Waals surface area (Å²) in [7, 11) is 1.26. The Labute approximate surface area is 287 Å². The van der Waals surface area contributed by atoms with E-state index in [1.54, 1.807) is 57.2 Å². The minimum atomic E-state index is -0.841. The molecule has 0 bridgehead atoms. The lowest BCUT2D eigenvalue weighted by Gasteiger charge is -2.30. The molecule has 0 spiro atoms. The number of methoxy groups -OCH3 is 1. The number of fused-ring (bicyclic) bond motifs is 2. The average Bonchev–Trinajstić information content (AvgIpc) is 3.06. The number of alkyl carbamates (subject to hydrolysis) is 1. The van der Waals surface area contributed by atoms with E-state index in [1.165, 1.54) is 7.11 Å². The first-order valence-corrected chi connectivity index (χ1v) is 16.8. The van der Waals surface area contributed by atoms with E-state index < -0.39 is 23.7 Å². The molecule has 2 amide bonds. The molecule has 1 aliphatic carbocycles. The third-order valence-corrected chi connectivity index (χ3v) is 8.17. The van der Waals surface area contributed by atoms with Gasteiger partial charge in [-0.15, -0.1) is 0 Å². The standard InChI is InChI=1S/C36H48N4O9/c1-36(2,3)49-35(45)38-28(34(44)46-4)13-7-8-15-37-30(41)24-39-16-20-47-22-18-40(19-23-48-21-17-39)29-14-9-12-27-31(29)33(43)26-11-6-5-10-25(26)32(27)42/h5-6,9-12,14,28H,7-8,13,15-24H2,1-4H3,(H,37,41)(H,38,45)/t28-/m0/s1. The van der Waals surface area contributed by atoms with Crippen molar-refractivity contribution in [1.29, 1.82) is 0 Å². The molecule has 1 saturated heterocycles. The fourth-order valence-corrected chi connectivity index (χ4v) is 5.76. The van der Waals surface area contributed by atoms with Crippen LogP contribution in [0.15, 0.2) is 42.5 Å². The minimum absolute atomic E-state index is 0.135. The molecule has 1 heterocycles. The highest BCUT2D eigenvalue weighted by Crippen LogP contribution is 2.33. The second-order valence-corrected chi connectivity index (χ2v) is 13.0. The van der Waals surface area contributed by atoms with Crippen LogP contribution < -0.4 is 15.5 Å². The van der Waals surface area contributed by atoms with Crippen molar-refractivity contribution < 1.29 is 42.9 Å². The van der Waals surface area contributed by atoms with Gasteiger partial charge in [0.25, 0.3) is 0 Å². The molecular formula is C36H48N4O9. The Hall–Kier alpha value is -4.33. The fraction of sp³-hybridized carbons (Fsp3) is 0.528. The SMILES string of the molecule is COC(=O)[C@H](CCCCNC(=O)CN1CCOCCN(c2cccc3c2C(=O)c2ccccc2C3=O)CCOCC1)NC(=O)OC(C)(C)C. The van der Waals surface area contributed by atoms with Crippen molar-refractivity contribution in [2.75, 3.05) is 77.7 Å². The Morgan fingerprint density at radius 3 is 2.08 bits per heavy atom. The first-order valence-electron chi connectivity index (χ1n) is 16.8. The van der Waals surface area contributed by atoms with E-state index in [9.17, 15) is 24.0 Å². The molecule has 4 rings (SSSR count). The largest absolute Gasteiger partial charge is 0.467 e. The van der Waals surface area contributed by atoms with Crippen LogP contribution in [0.25, 0.3) is 0 Å². The van der Waals surface area contributed by atoms with Crippen LogP contribution in [0.4, 0.5) is 10.5 Å². The van der Waals surface area contributed by atoms with E-state index in [4.69, 9.17) is 18.9 Å². The van der Waals surface area contributed by atoms with Crippen LogP contribution in [0.2, 0.25) is 0 Å². The number of carbonyl (C=O) groups is 5. The number of esters is 1. The number of rotatable bonds is 10. The van der Waals surface area contributed by atoms with Crippen LogP contribution >= 0.6 is 0 Å². The van der Waals surface area contributed by atoms with Crippen molar-refractivity contribution in [3.05, 3.63) is 64.7 Å². The number of nitrogens with one attached hydrogen (secondary N) is 2. The summed E-state index contributed by atoms with van der Waals surface area (Å²) in [6, 6.07) is 11.4. The van der Waals surface area contributed by atoms with Gasteiger partial charge in [0.15, 0.2) is 11.6 Å². The van der Waals surface area contributed by atoms with Crippen molar-refractivity contribution in [3.8, 4) is 0 Å². The number of hydrogen-bond acceptors (Lipinski definition) is 11. The van der Waals surface area contributed by atoms with Gasteiger partial charge in [0.1, 0.15) is 11.6 Å². The van der Waals surface area contributed by atoms with Gasteiger partial charge in [-0.25, -0.2) is 9.59 Å². The number of ether oxygens (including phenoxy) is 4. The van der Waals surface area contributed by atoms with Gasteiger partial charge in [0.05, 0.1) is 45.6 Å². The monoisotopic (exact) mass is 680 g/mol. The predicted molar refractivity (Wildman–Crippen MR) is 182 cm³/mol. The van der Waals surface area contributed by atoms with E-state index in [0.717, 1.165) is 0 Å². The summed E-state index contributed by atoms with van der Waals surface area (Å²) in [5.41, 5.74) is 1.65. The predicted octanol–water partition coefficient (Wildman–Crippen LogP) is 2.97. The number of amides is 2. The summed E-state index contributed by atoms with van der Waals surface area (Å²) in [5, 5.41) is 5.47. The molecule has 266 valence electrons. The normalized spacial score (nSPS) is 16.7. The maximum absolute atomic E-state index is 13.5. The lowest BCUT2D eigenvalue weighted by Crippen LogP contribution is -2.44. The number of hydrogen-bond donors (Lipinski definition) is 2. The van der Waals surface area contributed by atoms with Gasteiger partial charge >= 0.3 is 12.1 Å². The summed E-state index contributed by atoms with van der Waals surface area (Å²) in [4.78, 5) is 67.7. The lowest BCUT2D eigenvalue weighted by molar-refractivity contribution is -0.143. The zero-order valence-corrected chi connectivity index (χ0v) is 28.9. The molecule has 49 heavy (non-hydrogen) atoms. The molecule has 0 unspecified atom stereocenters. The molecule has 1 atom stereocenters. The summed E-state index contributed by atoms with van der Waals surface area (Å²) < 4.78 is 21.9. The summed E-state index contributed by atoms with van der Waals surface area (Å²) >= 11 is 0. The van der Waals surface area contributed by atoms with Crippen molar-refractivity contribution in [2.24, 2.45) is 0 Å². The lowest BCUT2D eigenvalue weighted by atomic mass is 9.83. The van der Waals surface area contributed by atoms with Gasteiger partial charge in [-0.2, -0.15) is 0 Å². The first-order chi connectivity index (χ1) is 23.5. The van der Waals surface area contributed by atoms with E-state index in [2.05, 4.69) is 10.6 Å². The van der Waals surface area contributed by atoms with Crippen LogP contribution in [-0.2, 0) is 28.5 Å². The Kier molecular flexibility index (Phi) is 13.7. The van der Waals surface area contributed by atoms with Gasteiger partial charge in [-0.05, 0) is 46.1 Å². The Bertz CT molecular complexity index is 1480. The molecule has 2 N–H and O–H groups in total. The van der Waals surface area contributed by atoms with Gasteiger partial charge < -0.3 is 34.5 Å². The molecule has 2 aromatic carbocycles. The van der Waals surface area contributed by atoms with Gasteiger partial charge in [0, 0.05) is 55.1 Å². The van der Waals surface area contributed by atoms with Crippen LogP contribution in [-0.4, -0.2) is 119 Å². The van der Waals surface area contributed by atoms with Crippen LogP contribution in [0.1, 0.15) is 71.9 Å². The zero-order chi connectivity index (χ0) is 35.4. The second kappa shape index (κ2) is 17.9. The van der Waals surface area contributed by atoms with E-state index in [0.29, 0.717) is 106 Å². The third-order valence-electron chi connectivity index (χ3n) is 8.17. The summed E-state index contributed by atoms with van der Waals surface area (Å²) in [5.74, 6) is -1.01. The molecule has 1 aliphatic heterocycles. The first kappa shape index (κ1) is 37.5. The molecule has 0 aromatic heterocycles. The van der Waals surface area contributed by atoms with Gasteiger partial charge in [0.2, 0.25) is 5.91 Å². The highest BCUT2D eigenvalue weighted by molar-refractivity contribution is 6.30. The molecular weight excluding hydrogens is 632 g/mol. The molecule has 2 aromatic rings. The number of benzene rings is 2. The molecule has 13 heteroatoms. The van der Waals surface area contributed by atoms with Crippen molar-refractivity contribution >= 4 is 35.2 Å². The topological polar surface area (TPSA) is 153 Å². The fourth-order valence-electron chi connectivity index (χ4n) is 5.76. The number of carbonyl (C=O) groups excluding carboxylic acids is 5. The number of anilines is 1. The number of nitrogens with zero attached hydrogens (tertiary/aromatic N) is 2. The number of unbranched alkanes of at least 4 members (excludes halogenated alkanes) is 1. The number of ketones is 2. The van der Waals surface area contributed by atoms with Crippen LogP contribution in [0, 0.1) is 0 Å². The van der Waals surface area contributed by atoms with E-state index in [1.807, 2.05) is 15.9 Å². The van der Waals surface area contributed by atoms with Gasteiger partial charge in [-0.3, -0.25) is 19.3 Å². The molecule has 0 radical (unpaired) electrons. The third kappa shape index (κ3) is 10.8. The minimum Gasteiger partial charge on any atom is -0.467 e. The summed E-state index contributed by atoms with van der Waals surface area (Å²) in [6.07, 6.45) is 0.828. The highest BCUT2D eigenvalue weighted by Gasteiger charge is 2.32. The smallest absolute Gasteiger partial charge is 0.408 e.